The van der Waals surface area contributed by atoms with Crippen molar-refractivity contribution in [3.63, 3.8) is 0 Å². The number of benzene rings is 1. The van der Waals surface area contributed by atoms with Gasteiger partial charge in [-0.05, 0) is 30.7 Å². The van der Waals surface area contributed by atoms with Crippen LogP contribution < -0.4 is 5.32 Å². The predicted octanol–water partition coefficient (Wildman–Crippen LogP) is 3.00. The van der Waals surface area contributed by atoms with Gasteiger partial charge in [-0.2, -0.15) is 0 Å². The monoisotopic (exact) mass is 324 g/mol. The van der Waals surface area contributed by atoms with E-state index in [-0.39, 0.29) is 18.4 Å². The topological polar surface area (TPSA) is 75.4 Å². The van der Waals surface area contributed by atoms with Gasteiger partial charge in [0.2, 0.25) is 5.91 Å². The van der Waals surface area contributed by atoms with E-state index in [1.807, 2.05) is 37.3 Å². The summed E-state index contributed by atoms with van der Waals surface area (Å²) >= 11 is 0. The fourth-order valence-corrected chi connectivity index (χ4v) is 2.80. The highest BCUT2D eigenvalue weighted by atomic mass is 16.4. The van der Waals surface area contributed by atoms with E-state index in [2.05, 4.69) is 10.3 Å². The lowest BCUT2D eigenvalue weighted by Gasteiger charge is -2.17. The summed E-state index contributed by atoms with van der Waals surface area (Å²) in [5.41, 5.74) is 1.74. The molecular weight excluding hydrogens is 304 g/mol. The number of carbonyl (C=O) groups excluding carboxylic acids is 1. The second-order valence-electron chi connectivity index (χ2n) is 5.90. The number of hydrogen-bond acceptors (Lipinski definition) is 4. The summed E-state index contributed by atoms with van der Waals surface area (Å²) in [6, 6.07) is 13.0. The molecule has 24 heavy (non-hydrogen) atoms. The number of nitrogens with zero attached hydrogens (tertiary/aromatic N) is 1. The molecule has 0 spiro atoms. The average molecular weight is 324 g/mol. The van der Waals surface area contributed by atoms with Crippen LogP contribution in [0.2, 0.25) is 0 Å². The number of nitrogens with one attached hydrogen (secondary N) is 1. The van der Waals surface area contributed by atoms with Gasteiger partial charge in [-0.15, -0.1) is 0 Å². The molecule has 124 valence electrons. The zero-order valence-electron chi connectivity index (χ0n) is 13.5. The van der Waals surface area contributed by atoms with Crippen molar-refractivity contribution in [1.82, 2.24) is 10.3 Å². The molecule has 5 nitrogen and oxygen atoms in total. The van der Waals surface area contributed by atoms with Crippen molar-refractivity contribution >= 4 is 16.8 Å². The van der Waals surface area contributed by atoms with Crippen LogP contribution in [0.5, 0.6) is 0 Å². The maximum absolute atomic E-state index is 12.3. The molecule has 3 aromatic rings. The highest BCUT2D eigenvalue weighted by Gasteiger charge is 2.17. The van der Waals surface area contributed by atoms with Gasteiger partial charge in [0.05, 0.1) is 18.2 Å². The van der Waals surface area contributed by atoms with Crippen LogP contribution >= 0.6 is 0 Å². The molecule has 0 bridgehead atoms. The van der Waals surface area contributed by atoms with Crippen LogP contribution in [0.1, 0.15) is 30.8 Å². The predicted molar refractivity (Wildman–Crippen MR) is 91.3 cm³/mol. The molecule has 2 heterocycles. The normalized spacial score (nSPS) is 13.6. The van der Waals surface area contributed by atoms with E-state index < -0.39 is 6.10 Å². The summed E-state index contributed by atoms with van der Waals surface area (Å²) in [6.07, 6.45) is 3.18. The minimum absolute atomic E-state index is 0.0905. The molecule has 5 heteroatoms. The summed E-state index contributed by atoms with van der Waals surface area (Å²) in [5.74, 6) is 0.418. The first kappa shape index (κ1) is 16.2. The minimum atomic E-state index is -0.727. The maximum Gasteiger partial charge on any atom is 0.224 e. The molecule has 0 aliphatic carbocycles. The first-order valence-electron chi connectivity index (χ1n) is 7.97. The highest BCUT2D eigenvalue weighted by molar-refractivity contribution is 5.87. The second kappa shape index (κ2) is 7.27. The van der Waals surface area contributed by atoms with Gasteiger partial charge in [0.25, 0.3) is 0 Å². The van der Waals surface area contributed by atoms with Gasteiger partial charge in [0, 0.05) is 24.0 Å². The van der Waals surface area contributed by atoms with E-state index in [9.17, 15) is 9.90 Å². The molecule has 2 unspecified atom stereocenters. The Morgan fingerprint density at radius 1 is 1.25 bits per heavy atom. The van der Waals surface area contributed by atoms with Gasteiger partial charge >= 0.3 is 0 Å². The van der Waals surface area contributed by atoms with Gasteiger partial charge < -0.3 is 14.8 Å². The molecule has 2 aromatic heterocycles. The van der Waals surface area contributed by atoms with Crippen LogP contribution in [-0.2, 0) is 11.2 Å². The van der Waals surface area contributed by atoms with E-state index in [0.717, 1.165) is 16.5 Å². The van der Waals surface area contributed by atoms with Crippen molar-refractivity contribution in [2.24, 2.45) is 0 Å². The summed E-state index contributed by atoms with van der Waals surface area (Å²) in [6.45, 7) is 1.87. The van der Waals surface area contributed by atoms with Crippen LogP contribution in [0.3, 0.4) is 0 Å². The molecule has 0 aliphatic rings. The molecule has 0 saturated carbocycles. The third-order valence-corrected chi connectivity index (χ3v) is 3.92. The Kier molecular flexibility index (Phi) is 4.91. The van der Waals surface area contributed by atoms with E-state index in [1.54, 1.807) is 18.3 Å². The third-order valence-electron chi connectivity index (χ3n) is 3.92. The second-order valence-corrected chi connectivity index (χ2v) is 5.90. The number of hydrogen-bond donors (Lipinski definition) is 2. The zero-order chi connectivity index (χ0) is 16.9. The number of fused-ring (bicyclic) bond motifs is 1. The number of para-hydroxylation sites is 1. The molecule has 0 saturated heterocycles. The van der Waals surface area contributed by atoms with Crippen molar-refractivity contribution in [3.05, 3.63) is 66.2 Å². The molecule has 2 atom stereocenters. The quantitative estimate of drug-likeness (QED) is 0.731. The molecule has 2 N–H and O–H groups in total. The number of aliphatic hydroxyl groups is 1. The first-order chi connectivity index (χ1) is 11.6. The average Bonchev–Trinajstić information content (AvgIpc) is 3.09. The number of furan rings is 1. The van der Waals surface area contributed by atoms with E-state index >= 15 is 0 Å². The van der Waals surface area contributed by atoms with Gasteiger partial charge in [-0.25, -0.2) is 0 Å². The van der Waals surface area contributed by atoms with Crippen molar-refractivity contribution in [2.45, 2.75) is 31.9 Å². The van der Waals surface area contributed by atoms with Crippen LogP contribution in [-0.4, -0.2) is 22.0 Å². The van der Waals surface area contributed by atoms with Crippen LogP contribution in [0.4, 0.5) is 0 Å². The smallest absolute Gasteiger partial charge is 0.224 e. The summed E-state index contributed by atoms with van der Waals surface area (Å²) < 4.78 is 5.17. The van der Waals surface area contributed by atoms with Crippen molar-refractivity contribution < 1.29 is 14.3 Å². The number of pyridine rings is 1. The summed E-state index contributed by atoms with van der Waals surface area (Å²) in [7, 11) is 0. The van der Waals surface area contributed by atoms with Crippen LogP contribution in [0, 0.1) is 0 Å². The number of aliphatic hydroxyl groups excluding tert-OH is 1. The lowest BCUT2D eigenvalue weighted by molar-refractivity contribution is -0.121. The lowest BCUT2D eigenvalue weighted by atomic mass is 10.1. The minimum Gasteiger partial charge on any atom is -0.467 e. The highest BCUT2D eigenvalue weighted by Crippen LogP contribution is 2.19. The van der Waals surface area contributed by atoms with E-state index in [4.69, 9.17) is 4.42 Å². The molecule has 1 aromatic carbocycles. The maximum atomic E-state index is 12.3. The Bertz CT molecular complexity index is 809. The lowest BCUT2D eigenvalue weighted by Crippen LogP contribution is -2.34. The number of aromatic nitrogens is 1. The summed E-state index contributed by atoms with van der Waals surface area (Å²) in [5, 5.41) is 14.0. The largest absolute Gasteiger partial charge is 0.467 e. The molecular formula is C19H20N2O3. The molecule has 1 amide bonds. The van der Waals surface area contributed by atoms with Gasteiger partial charge in [-0.3, -0.25) is 9.78 Å². The Morgan fingerprint density at radius 2 is 2.08 bits per heavy atom. The molecule has 0 radical (unpaired) electrons. The van der Waals surface area contributed by atoms with Gasteiger partial charge in [-0.1, -0.05) is 24.3 Å². The number of carbonyl (C=O) groups is 1. The summed E-state index contributed by atoms with van der Waals surface area (Å²) in [4.78, 5) is 16.7. The Morgan fingerprint density at radius 3 is 2.88 bits per heavy atom. The molecule has 0 aliphatic heterocycles. The van der Waals surface area contributed by atoms with Crippen molar-refractivity contribution in [3.8, 4) is 0 Å². The van der Waals surface area contributed by atoms with Gasteiger partial charge in [0.15, 0.2) is 0 Å². The molecule has 3 rings (SSSR count). The van der Waals surface area contributed by atoms with Crippen molar-refractivity contribution in [2.75, 3.05) is 0 Å². The molecule has 0 fully saturated rings. The number of amides is 1. The standard InChI is InChI=1S/C19H20N2O3/c1-13(11-16(22)17-8-4-10-24-17)21-18(23)12-15-6-2-5-14-7-3-9-20-19(14)15/h2-10,13,16,22H,11-12H2,1H3,(H,21,23). The van der Waals surface area contributed by atoms with Gasteiger partial charge in [0.1, 0.15) is 11.9 Å². The fraction of sp³-hybridized carbons (Fsp3) is 0.263. The third kappa shape index (κ3) is 3.81. The van der Waals surface area contributed by atoms with Crippen LogP contribution in [0.15, 0.2) is 59.3 Å². The van der Waals surface area contributed by atoms with Crippen molar-refractivity contribution in [1.29, 1.82) is 0 Å². The Labute approximate surface area is 140 Å². The fourth-order valence-electron chi connectivity index (χ4n) is 2.80. The Balaban J connectivity index is 1.60. The Hall–Kier alpha value is -2.66. The number of rotatable bonds is 6. The SMILES string of the molecule is CC(CC(O)c1ccco1)NC(=O)Cc1cccc2cccnc12. The zero-order valence-corrected chi connectivity index (χ0v) is 13.5. The van der Waals surface area contributed by atoms with Crippen LogP contribution in [0.25, 0.3) is 10.9 Å². The van der Waals surface area contributed by atoms with E-state index in [1.165, 1.54) is 6.26 Å². The van der Waals surface area contributed by atoms with E-state index in [0.29, 0.717) is 12.2 Å². The first-order valence-corrected chi connectivity index (χ1v) is 7.97.